The summed E-state index contributed by atoms with van der Waals surface area (Å²) >= 11 is 0. The molecule has 1 fully saturated rings. The Kier molecular flexibility index (Phi) is 8.03. The van der Waals surface area contributed by atoms with Crippen molar-refractivity contribution < 1.29 is 14.3 Å². The third kappa shape index (κ3) is 5.70. The molecule has 1 amide bonds. The SMILES string of the molecule is CC[C@@H](c1ccccc1)N(CC(=O)OC)Cc1cccc(C(=O)N2CCCCC2)c1. The molecular weight excluding hydrogens is 376 g/mol. The van der Waals surface area contributed by atoms with Gasteiger partial charge in [0.2, 0.25) is 0 Å². The second kappa shape index (κ2) is 10.9. The minimum Gasteiger partial charge on any atom is -0.468 e. The van der Waals surface area contributed by atoms with E-state index >= 15 is 0 Å². The molecule has 0 aromatic heterocycles. The van der Waals surface area contributed by atoms with Crippen molar-refractivity contribution in [2.45, 2.75) is 45.2 Å². The molecule has 160 valence electrons. The van der Waals surface area contributed by atoms with Gasteiger partial charge in [-0.3, -0.25) is 14.5 Å². The number of nitrogens with zero attached hydrogens (tertiary/aromatic N) is 2. The van der Waals surface area contributed by atoms with Crippen LogP contribution in [0, 0.1) is 0 Å². The molecule has 0 unspecified atom stereocenters. The zero-order chi connectivity index (χ0) is 21.3. The Labute approximate surface area is 179 Å². The fourth-order valence-electron chi connectivity index (χ4n) is 4.20. The van der Waals surface area contributed by atoms with Crippen molar-refractivity contribution in [3.63, 3.8) is 0 Å². The van der Waals surface area contributed by atoms with Crippen molar-refractivity contribution >= 4 is 11.9 Å². The molecule has 0 aliphatic carbocycles. The summed E-state index contributed by atoms with van der Waals surface area (Å²) in [5, 5.41) is 0. The average molecular weight is 409 g/mol. The summed E-state index contributed by atoms with van der Waals surface area (Å²) in [5.74, 6) is -0.156. The third-order valence-electron chi connectivity index (χ3n) is 5.77. The molecule has 1 saturated heterocycles. The van der Waals surface area contributed by atoms with Crippen molar-refractivity contribution in [2.75, 3.05) is 26.7 Å². The number of likely N-dealkylation sites (tertiary alicyclic amines) is 1. The van der Waals surface area contributed by atoms with Gasteiger partial charge in [-0.15, -0.1) is 0 Å². The van der Waals surface area contributed by atoms with Gasteiger partial charge in [-0.2, -0.15) is 0 Å². The summed E-state index contributed by atoms with van der Waals surface area (Å²) < 4.78 is 4.95. The number of hydrogen-bond acceptors (Lipinski definition) is 4. The van der Waals surface area contributed by atoms with E-state index in [0.717, 1.165) is 43.5 Å². The molecule has 1 atom stereocenters. The first-order valence-corrected chi connectivity index (χ1v) is 10.9. The van der Waals surface area contributed by atoms with E-state index in [0.29, 0.717) is 6.54 Å². The Morgan fingerprint density at radius 1 is 1.03 bits per heavy atom. The summed E-state index contributed by atoms with van der Waals surface area (Å²) in [7, 11) is 1.42. The van der Waals surface area contributed by atoms with Gasteiger partial charge in [-0.05, 0) is 48.9 Å². The molecule has 1 aliphatic rings. The highest BCUT2D eigenvalue weighted by Crippen LogP contribution is 2.26. The van der Waals surface area contributed by atoms with E-state index in [1.807, 2.05) is 47.4 Å². The van der Waals surface area contributed by atoms with Crippen LogP contribution in [0.3, 0.4) is 0 Å². The van der Waals surface area contributed by atoms with Gasteiger partial charge >= 0.3 is 5.97 Å². The van der Waals surface area contributed by atoms with Crippen LogP contribution < -0.4 is 0 Å². The van der Waals surface area contributed by atoms with Gasteiger partial charge in [0.25, 0.3) is 5.91 Å². The van der Waals surface area contributed by atoms with Crippen molar-refractivity contribution in [1.29, 1.82) is 0 Å². The van der Waals surface area contributed by atoms with Crippen LogP contribution in [0.25, 0.3) is 0 Å². The first-order chi connectivity index (χ1) is 14.6. The second-order valence-electron chi connectivity index (χ2n) is 7.87. The smallest absolute Gasteiger partial charge is 0.319 e. The van der Waals surface area contributed by atoms with Crippen LogP contribution in [0.5, 0.6) is 0 Å². The van der Waals surface area contributed by atoms with Gasteiger partial charge in [-0.25, -0.2) is 0 Å². The van der Waals surface area contributed by atoms with E-state index in [-0.39, 0.29) is 24.5 Å². The number of rotatable bonds is 8. The minimum absolute atomic E-state index is 0.0896. The third-order valence-corrected chi connectivity index (χ3v) is 5.77. The van der Waals surface area contributed by atoms with Gasteiger partial charge < -0.3 is 9.64 Å². The molecule has 1 heterocycles. The van der Waals surface area contributed by atoms with E-state index in [1.54, 1.807) is 0 Å². The van der Waals surface area contributed by atoms with Crippen molar-refractivity contribution in [3.8, 4) is 0 Å². The maximum Gasteiger partial charge on any atom is 0.319 e. The number of amides is 1. The van der Waals surface area contributed by atoms with E-state index < -0.39 is 0 Å². The zero-order valence-electron chi connectivity index (χ0n) is 18.0. The van der Waals surface area contributed by atoms with E-state index in [2.05, 4.69) is 24.0 Å². The van der Waals surface area contributed by atoms with Crippen molar-refractivity contribution in [3.05, 3.63) is 71.3 Å². The highest BCUT2D eigenvalue weighted by Gasteiger charge is 2.23. The Hall–Kier alpha value is -2.66. The predicted octanol–water partition coefficient (Wildman–Crippen LogP) is 4.44. The average Bonchev–Trinajstić information content (AvgIpc) is 2.80. The van der Waals surface area contributed by atoms with Crippen LogP contribution in [0.1, 0.15) is 60.1 Å². The Bertz CT molecular complexity index is 831. The van der Waals surface area contributed by atoms with Crippen molar-refractivity contribution in [1.82, 2.24) is 9.80 Å². The Balaban J connectivity index is 1.81. The normalized spacial score (nSPS) is 15.1. The molecule has 0 saturated carbocycles. The lowest BCUT2D eigenvalue weighted by atomic mass is 10.0. The molecule has 0 bridgehead atoms. The largest absolute Gasteiger partial charge is 0.468 e. The van der Waals surface area contributed by atoms with Crippen LogP contribution in [0.2, 0.25) is 0 Å². The lowest BCUT2D eigenvalue weighted by Crippen LogP contribution is -2.36. The Morgan fingerprint density at radius 3 is 2.43 bits per heavy atom. The molecule has 0 radical (unpaired) electrons. The first-order valence-electron chi connectivity index (χ1n) is 10.9. The molecule has 0 spiro atoms. The predicted molar refractivity (Wildman–Crippen MR) is 118 cm³/mol. The van der Waals surface area contributed by atoms with Gasteiger partial charge in [0.15, 0.2) is 0 Å². The number of piperidine rings is 1. The summed E-state index contributed by atoms with van der Waals surface area (Å²) in [6, 6.07) is 18.1. The maximum absolute atomic E-state index is 12.9. The molecule has 5 heteroatoms. The standard InChI is InChI=1S/C25H32N2O3/c1-3-23(21-12-6-4-7-13-21)27(19-24(28)30-2)18-20-11-10-14-22(17-20)25(29)26-15-8-5-9-16-26/h4,6-7,10-14,17,23H,3,5,8-9,15-16,18-19H2,1-2H3/t23-/m0/s1. The van der Waals surface area contributed by atoms with Crippen LogP contribution in [0.4, 0.5) is 0 Å². The van der Waals surface area contributed by atoms with Crippen LogP contribution in [0.15, 0.2) is 54.6 Å². The van der Waals surface area contributed by atoms with Crippen LogP contribution >= 0.6 is 0 Å². The topological polar surface area (TPSA) is 49.9 Å². The second-order valence-corrected chi connectivity index (χ2v) is 7.87. The molecular formula is C25H32N2O3. The molecule has 1 aliphatic heterocycles. The number of hydrogen-bond donors (Lipinski definition) is 0. The fraction of sp³-hybridized carbons (Fsp3) is 0.440. The molecule has 0 N–H and O–H groups in total. The lowest BCUT2D eigenvalue weighted by molar-refractivity contribution is -0.142. The number of methoxy groups -OCH3 is 1. The lowest BCUT2D eigenvalue weighted by Gasteiger charge is -2.31. The molecule has 30 heavy (non-hydrogen) atoms. The van der Waals surface area contributed by atoms with E-state index in [4.69, 9.17) is 4.74 Å². The maximum atomic E-state index is 12.9. The number of ether oxygens (including phenoxy) is 1. The quantitative estimate of drug-likeness (QED) is 0.606. The fourth-order valence-corrected chi connectivity index (χ4v) is 4.20. The number of carbonyl (C=O) groups is 2. The first kappa shape index (κ1) is 22.0. The summed E-state index contributed by atoms with van der Waals surface area (Å²) in [6.45, 7) is 4.57. The highest BCUT2D eigenvalue weighted by atomic mass is 16.5. The summed E-state index contributed by atoms with van der Waals surface area (Å²) in [5.41, 5.74) is 2.92. The van der Waals surface area contributed by atoms with Crippen molar-refractivity contribution in [2.24, 2.45) is 0 Å². The number of esters is 1. The van der Waals surface area contributed by atoms with Gasteiger partial charge in [0.1, 0.15) is 0 Å². The Morgan fingerprint density at radius 2 is 1.77 bits per heavy atom. The molecule has 2 aromatic rings. The van der Waals surface area contributed by atoms with E-state index in [9.17, 15) is 9.59 Å². The molecule has 3 rings (SSSR count). The monoisotopic (exact) mass is 408 g/mol. The van der Waals surface area contributed by atoms with Crippen LogP contribution in [-0.4, -0.2) is 48.4 Å². The zero-order valence-corrected chi connectivity index (χ0v) is 18.0. The highest BCUT2D eigenvalue weighted by molar-refractivity contribution is 5.94. The molecule has 2 aromatic carbocycles. The van der Waals surface area contributed by atoms with Gasteiger partial charge in [0, 0.05) is 31.2 Å². The summed E-state index contributed by atoms with van der Waals surface area (Å²) in [4.78, 5) is 29.1. The van der Waals surface area contributed by atoms with Crippen LogP contribution in [-0.2, 0) is 16.1 Å². The van der Waals surface area contributed by atoms with Gasteiger partial charge in [0.05, 0.1) is 13.7 Å². The number of benzene rings is 2. The van der Waals surface area contributed by atoms with Gasteiger partial charge in [-0.1, -0.05) is 49.4 Å². The number of carbonyl (C=O) groups excluding carboxylic acids is 2. The minimum atomic E-state index is -0.259. The molecule has 5 nitrogen and oxygen atoms in total. The van der Waals surface area contributed by atoms with E-state index in [1.165, 1.54) is 19.1 Å². The summed E-state index contributed by atoms with van der Waals surface area (Å²) in [6.07, 6.45) is 4.22.